The van der Waals surface area contributed by atoms with Crippen molar-refractivity contribution in [1.29, 1.82) is 0 Å². The predicted molar refractivity (Wildman–Crippen MR) is 94.3 cm³/mol. The molecule has 1 heterocycles. The summed E-state index contributed by atoms with van der Waals surface area (Å²) in [6.45, 7) is 7.93. The standard InChI is InChI=1S/C20H32O3/c1-15-6-5-13-20(4)18(23-20)12-9-16(2)8-11-17(10-7-15)19(3,22)14-21/h6,8,11,18,21-22H,5,7,9-10,12-14H2,1-4H3. The van der Waals surface area contributed by atoms with Crippen molar-refractivity contribution in [2.45, 2.75) is 83.5 Å². The molecular formula is C20H32O3. The van der Waals surface area contributed by atoms with E-state index in [1.165, 1.54) is 11.1 Å². The van der Waals surface area contributed by atoms with E-state index in [-0.39, 0.29) is 12.2 Å². The molecule has 0 spiro atoms. The topological polar surface area (TPSA) is 53.0 Å². The van der Waals surface area contributed by atoms with Gasteiger partial charge in [0.1, 0.15) is 5.60 Å². The summed E-state index contributed by atoms with van der Waals surface area (Å²) >= 11 is 0. The van der Waals surface area contributed by atoms with E-state index in [0.29, 0.717) is 6.10 Å². The highest BCUT2D eigenvalue weighted by atomic mass is 16.6. The fourth-order valence-corrected chi connectivity index (χ4v) is 3.23. The van der Waals surface area contributed by atoms with E-state index in [9.17, 15) is 10.2 Å². The van der Waals surface area contributed by atoms with Gasteiger partial charge in [0, 0.05) is 0 Å². The van der Waals surface area contributed by atoms with Crippen molar-refractivity contribution in [3.8, 4) is 0 Å². The molecule has 3 unspecified atom stereocenters. The number of aliphatic hydroxyl groups excluding tert-OH is 1. The summed E-state index contributed by atoms with van der Waals surface area (Å²) in [6.07, 6.45) is 12.6. The summed E-state index contributed by atoms with van der Waals surface area (Å²) < 4.78 is 5.91. The van der Waals surface area contributed by atoms with E-state index in [0.717, 1.165) is 44.1 Å². The first-order valence-corrected chi connectivity index (χ1v) is 8.80. The van der Waals surface area contributed by atoms with Crippen molar-refractivity contribution in [2.24, 2.45) is 0 Å². The van der Waals surface area contributed by atoms with E-state index in [4.69, 9.17) is 4.74 Å². The second-order valence-corrected chi connectivity index (χ2v) is 7.68. The molecule has 3 atom stereocenters. The van der Waals surface area contributed by atoms with Crippen molar-refractivity contribution in [1.82, 2.24) is 0 Å². The maximum Gasteiger partial charge on any atom is 0.106 e. The Morgan fingerprint density at radius 1 is 1.22 bits per heavy atom. The largest absolute Gasteiger partial charge is 0.393 e. The summed E-state index contributed by atoms with van der Waals surface area (Å²) in [6, 6.07) is 0. The van der Waals surface area contributed by atoms with E-state index in [1.807, 2.05) is 6.08 Å². The van der Waals surface area contributed by atoms with Gasteiger partial charge in [-0.1, -0.05) is 29.4 Å². The molecule has 0 aromatic carbocycles. The number of hydrogen-bond donors (Lipinski definition) is 2. The van der Waals surface area contributed by atoms with Crippen LogP contribution in [0.5, 0.6) is 0 Å². The van der Waals surface area contributed by atoms with Gasteiger partial charge in [-0.05, 0) is 71.8 Å². The molecule has 2 rings (SSSR count). The number of epoxide rings is 1. The lowest BCUT2D eigenvalue weighted by molar-refractivity contribution is 0.0307. The molecule has 0 bridgehead atoms. The van der Waals surface area contributed by atoms with Crippen molar-refractivity contribution >= 4 is 0 Å². The molecule has 3 heteroatoms. The molecule has 1 saturated heterocycles. The average Bonchev–Trinajstić information content (AvgIpc) is 3.14. The van der Waals surface area contributed by atoms with Gasteiger partial charge in [-0.15, -0.1) is 0 Å². The minimum absolute atomic E-state index is 0.0722. The quantitative estimate of drug-likeness (QED) is 0.596. The SMILES string of the molecule is CC1=CCCC2(C)OC2CCC(C)=CC=C(C(C)(O)CO)CC1. The number of rotatable bonds is 2. The summed E-state index contributed by atoms with van der Waals surface area (Å²) in [5.74, 6) is 0. The van der Waals surface area contributed by atoms with E-state index < -0.39 is 5.60 Å². The third-order valence-corrected chi connectivity index (χ3v) is 5.33. The smallest absolute Gasteiger partial charge is 0.106 e. The summed E-state index contributed by atoms with van der Waals surface area (Å²) in [5.41, 5.74) is 2.45. The maximum atomic E-state index is 10.4. The lowest BCUT2D eigenvalue weighted by Crippen LogP contribution is -2.31. The Labute approximate surface area is 140 Å². The van der Waals surface area contributed by atoms with Gasteiger partial charge in [0.15, 0.2) is 0 Å². The normalized spacial score (nSPS) is 32.6. The monoisotopic (exact) mass is 320 g/mol. The zero-order valence-electron chi connectivity index (χ0n) is 15.1. The van der Waals surface area contributed by atoms with Crippen LogP contribution < -0.4 is 0 Å². The van der Waals surface area contributed by atoms with Crippen LogP contribution in [0.4, 0.5) is 0 Å². The molecule has 23 heavy (non-hydrogen) atoms. The van der Waals surface area contributed by atoms with Crippen LogP contribution >= 0.6 is 0 Å². The fraction of sp³-hybridized carbons (Fsp3) is 0.700. The highest BCUT2D eigenvalue weighted by molar-refractivity contribution is 5.25. The lowest BCUT2D eigenvalue weighted by atomic mass is 9.89. The van der Waals surface area contributed by atoms with E-state index in [2.05, 4.69) is 32.9 Å². The van der Waals surface area contributed by atoms with Gasteiger partial charge >= 0.3 is 0 Å². The van der Waals surface area contributed by atoms with Crippen LogP contribution in [0.3, 0.4) is 0 Å². The number of allylic oxidation sites excluding steroid dienone is 5. The van der Waals surface area contributed by atoms with Crippen molar-refractivity contribution in [3.05, 3.63) is 34.9 Å². The minimum Gasteiger partial charge on any atom is -0.393 e. The Hall–Kier alpha value is -0.900. The van der Waals surface area contributed by atoms with E-state index >= 15 is 0 Å². The Morgan fingerprint density at radius 3 is 2.65 bits per heavy atom. The fourth-order valence-electron chi connectivity index (χ4n) is 3.23. The lowest BCUT2D eigenvalue weighted by Gasteiger charge is -2.24. The van der Waals surface area contributed by atoms with Crippen molar-refractivity contribution in [3.63, 3.8) is 0 Å². The third-order valence-electron chi connectivity index (χ3n) is 5.33. The summed E-state index contributed by atoms with van der Waals surface area (Å²) in [7, 11) is 0. The summed E-state index contributed by atoms with van der Waals surface area (Å²) in [5, 5.41) is 19.9. The second kappa shape index (κ2) is 7.33. The van der Waals surface area contributed by atoms with Crippen LogP contribution in [0, 0.1) is 0 Å². The molecule has 1 fully saturated rings. The second-order valence-electron chi connectivity index (χ2n) is 7.68. The molecule has 1 aliphatic heterocycles. The molecular weight excluding hydrogens is 288 g/mol. The van der Waals surface area contributed by atoms with Gasteiger partial charge in [0.25, 0.3) is 0 Å². The number of hydrogen-bond acceptors (Lipinski definition) is 3. The van der Waals surface area contributed by atoms with Crippen molar-refractivity contribution < 1.29 is 14.9 Å². The number of aliphatic hydroxyl groups is 2. The zero-order chi connectivity index (χ0) is 17.1. The number of fused-ring (bicyclic) bond motifs is 1. The first-order chi connectivity index (χ1) is 10.8. The molecule has 2 aliphatic rings. The Balaban J connectivity index is 2.18. The average molecular weight is 320 g/mol. The minimum atomic E-state index is -1.15. The molecule has 2 N–H and O–H groups in total. The van der Waals surface area contributed by atoms with Crippen LogP contribution in [0.15, 0.2) is 34.9 Å². The Kier molecular flexibility index (Phi) is 5.88. The van der Waals surface area contributed by atoms with Crippen LogP contribution in [0.2, 0.25) is 0 Å². The highest BCUT2D eigenvalue weighted by Crippen LogP contribution is 2.43. The Bertz CT molecular complexity index is 513. The molecule has 0 amide bonds. The van der Waals surface area contributed by atoms with E-state index in [1.54, 1.807) is 6.92 Å². The zero-order valence-corrected chi connectivity index (χ0v) is 15.1. The molecule has 1 aliphatic carbocycles. The van der Waals surface area contributed by atoms with Gasteiger partial charge in [0.2, 0.25) is 0 Å². The number of ether oxygens (including phenoxy) is 1. The Morgan fingerprint density at radius 2 is 1.96 bits per heavy atom. The van der Waals surface area contributed by atoms with Crippen LogP contribution in [-0.4, -0.2) is 34.1 Å². The highest BCUT2D eigenvalue weighted by Gasteiger charge is 2.50. The summed E-state index contributed by atoms with van der Waals surface area (Å²) in [4.78, 5) is 0. The first kappa shape index (κ1) is 18.4. The predicted octanol–water partition coefficient (Wildman–Crippen LogP) is 4.06. The molecule has 3 nitrogen and oxygen atoms in total. The van der Waals surface area contributed by atoms with Gasteiger partial charge in [0.05, 0.1) is 18.3 Å². The molecule has 0 aromatic heterocycles. The van der Waals surface area contributed by atoms with Crippen LogP contribution in [-0.2, 0) is 4.74 Å². The van der Waals surface area contributed by atoms with Gasteiger partial charge in [-0.25, -0.2) is 0 Å². The van der Waals surface area contributed by atoms with Crippen molar-refractivity contribution in [2.75, 3.05) is 6.61 Å². The van der Waals surface area contributed by atoms with Gasteiger partial charge in [-0.3, -0.25) is 0 Å². The third kappa shape index (κ3) is 5.03. The molecule has 0 radical (unpaired) electrons. The van der Waals surface area contributed by atoms with Crippen LogP contribution in [0.25, 0.3) is 0 Å². The van der Waals surface area contributed by atoms with Crippen LogP contribution in [0.1, 0.15) is 66.2 Å². The first-order valence-electron chi connectivity index (χ1n) is 8.80. The molecule has 0 aromatic rings. The maximum absolute atomic E-state index is 10.4. The molecule has 130 valence electrons. The van der Waals surface area contributed by atoms with Gasteiger partial charge in [-0.2, -0.15) is 0 Å². The molecule has 0 saturated carbocycles. The van der Waals surface area contributed by atoms with Gasteiger partial charge < -0.3 is 14.9 Å².